The molecule has 0 spiro atoms. The van der Waals surface area contributed by atoms with Crippen molar-refractivity contribution >= 4 is 17.5 Å². The number of hydrogen-bond donors (Lipinski definition) is 2. The summed E-state index contributed by atoms with van der Waals surface area (Å²) in [6, 6.07) is 3.73. The monoisotopic (exact) mass is 316 g/mol. The van der Waals surface area contributed by atoms with Gasteiger partial charge in [0.1, 0.15) is 11.3 Å². The molecule has 2 amide bonds. The summed E-state index contributed by atoms with van der Waals surface area (Å²) in [5.41, 5.74) is -1.27. The third-order valence-corrected chi connectivity index (χ3v) is 2.68. The van der Waals surface area contributed by atoms with Gasteiger partial charge in [0.25, 0.3) is 11.8 Å². The van der Waals surface area contributed by atoms with Crippen LogP contribution in [0, 0.1) is 0 Å². The molecule has 0 aliphatic carbocycles. The van der Waals surface area contributed by atoms with Crippen LogP contribution in [0.5, 0.6) is 0 Å². The van der Waals surface area contributed by atoms with Crippen LogP contribution >= 0.6 is 0 Å². The maximum atomic E-state index is 12.4. The number of amides is 2. The van der Waals surface area contributed by atoms with Gasteiger partial charge in [-0.05, 0) is 31.2 Å². The standard InChI is InChI=1S/C14H15F3N2O3/c1-8(20)11(13(22)19(2)3)12(21)18-10-6-4-9(5-7-10)14(15,16)17/h4-7,20H,1-3H3,(H,18,21)/b11-8+. The van der Waals surface area contributed by atoms with E-state index in [0.717, 1.165) is 29.2 Å². The topological polar surface area (TPSA) is 69.6 Å². The first-order chi connectivity index (χ1) is 10.0. The molecule has 1 rings (SSSR count). The highest BCUT2D eigenvalue weighted by atomic mass is 19.4. The highest BCUT2D eigenvalue weighted by Gasteiger charge is 2.30. The number of halogens is 3. The number of allylic oxidation sites excluding steroid dienone is 1. The van der Waals surface area contributed by atoms with Crippen molar-refractivity contribution in [2.75, 3.05) is 19.4 Å². The van der Waals surface area contributed by atoms with Gasteiger partial charge in [-0.25, -0.2) is 0 Å². The Hall–Kier alpha value is -2.51. The van der Waals surface area contributed by atoms with Gasteiger partial charge in [0.05, 0.1) is 5.56 Å². The van der Waals surface area contributed by atoms with E-state index >= 15 is 0 Å². The first kappa shape index (κ1) is 17.5. The lowest BCUT2D eigenvalue weighted by atomic mass is 10.1. The van der Waals surface area contributed by atoms with Gasteiger partial charge in [0.15, 0.2) is 0 Å². The molecule has 0 aliphatic heterocycles. The van der Waals surface area contributed by atoms with E-state index in [1.807, 2.05) is 0 Å². The quantitative estimate of drug-likeness (QED) is 0.390. The van der Waals surface area contributed by atoms with Gasteiger partial charge in [0.2, 0.25) is 0 Å². The number of carbonyl (C=O) groups is 2. The predicted octanol–water partition coefficient (Wildman–Crippen LogP) is 2.56. The predicted molar refractivity (Wildman–Crippen MR) is 74.1 cm³/mol. The summed E-state index contributed by atoms with van der Waals surface area (Å²) in [5, 5.41) is 11.7. The fraction of sp³-hybridized carbons (Fsp3) is 0.286. The molecule has 0 heterocycles. The molecule has 0 aromatic heterocycles. The van der Waals surface area contributed by atoms with Crippen LogP contribution in [-0.4, -0.2) is 35.9 Å². The minimum absolute atomic E-state index is 0.0725. The van der Waals surface area contributed by atoms with Crippen molar-refractivity contribution < 1.29 is 27.9 Å². The zero-order valence-corrected chi connectivity index (χ0v) is 12.2. The number of likely N-dealkylation sites (N-methyl/N-ethyl adjacent to an activating group) is 1. The largest absolute Gasteiger partial charge is 0.512 e. The molecule has 8 heteroatoms. The van der Waals surface area contributed by atoms with Crippen LogP contribution in [0.2, 0.25) is 0 Å². The Labute approximate surface area is 125 Å². The number of rotatable bonds is 3. The minimum atomic E-state index is -4.48. The second kappa shape index (κ2) is 6.50. The van der Waals surface area contributed by atoms with Crippen LogP contribution < -0.4 is 5.32 Å². The van der Waals surface area contributed by atoms with Gasteiger partial charge >= 0.3 is 6.18 Å². The van der Waals surface area contributed by atoms with E-state index in [1.54, 1.807) is 0 Å². The Morgan fingerprint density at radius 3 is 2.00 bits per heavy atom. The van der Waals surface area contributed by atoms with Gasteiger partial charge in [-0.1, -0.05) is 0 Å². The zero-order chi connectivity index (χ0) is 17.1. The van der Waals surface area contributed by atoms with Gasteiger partial charge in [0, 0.05) is 19.8 Å². The molecule has 22 heavy (non-hydrogen) atoms. The Kier molecular flexibility index (Phi) is 5.19. The SMILES string of the molecule is C/C(O)=C(/C(=O)Nc1ccc(C(F)(F)F)cc1)C(=O)N(C)C. The third-order valence-electron chi connectivity index (χ3n) is 2.68. The zero-order valence-electron chi connectivity index (χ0n) is 12.2. The fourth-order valence-corrected chi connectivity index (χ4v) is 1.58. The average Bonchev–Trinajstić information content (AvgIpc) is 2.37. The molecule has 0 saturated carbocycles. The van der Waals surface area contributed by atoms with Crippen LogP contribution in [0.4, 0.5) is 18.9 Å². The highest BCUT2D eigenvalue weighted by molar-refractivity contribution is 6.22. The lowest BCUT2D eigenvalue weighted by Crippen LogP contribution is -2.31. The van der Waals surface area contributed by atoms with Gasteiger partial charge in [-0.15, -0.1) is 0 Å². The summed E-state index contributed by atoms with van der Waals surface area (Å²) in [4.78, 5) is 24.9. The number of nitrogens with zero attached hydrogens (tertiary/aromatic N) is 1. The second-order valence-electron chi connectivity index (χ2n) is 4.69. The van der Waals surface area contributed by atoms with Crippen LogP contribution in [0.15, 0.2) is 35.6 Å². The third kappa shape index (κ3) is 4.24. The maximum Gasteiger partial charge on any atom is 0.416 e. The summed E-state index contributed by atoms with van der Waals surface area (Å²) < 4.78 is 37.3. The Morgan fingerprint density at radius 1 is 1.14 bits per heavy atom. The Bertz CT molecular complexity index is 601. The average molecular weight is 316 g/mol. The summed E-state index contributed by atoms with van der Waals surface area (Å²) in [6.45, 7) is 1.17. The van der Waals surface area contributed by atoms with Crippen molar-refractivity contribution in [1.29, 1.82) is 0 Å². The number of carbonyl (C=O) groups excluding carboxylic acids is 2. The first-order valence-electron chi connectivity index (χ1n) is 6.14. The fourth-order valence-electron chi connectivity index (χ4n) is 1.58. The van der Waals surface area contributed by atoms with Crippen molar-refractivity contribution in [3.05, 3.63) is 41.2 Å². The Morgan fingerprint density at radius 2 is 1.64 bits per heavy atom. The van der Waals surface area contributed by atoms with Gasteiger partial charge in [-0.2, -0.15) is 13.2 Å². The smallest absolute Gasteiger partial charge is 0.416 e. The molecule has 2 N–H and O–H groups in total. The maximum absolute atomic E-state index is 12.4. The van der Waals surface area contributed by atoms with Crippen molar-refractivity contribution in [1.82, 2.24) is 4.90 Å². The lowest BCUT2D eigenvalue weighted by Gasteiger charge is -2.14. The molecule has 0 saturated heterocycles. The molecule has 0 unspecified atom stereocenters. The van der Waals surface area contributed by atoms with Crippen molar-refractivity contribution in [2.24, 2.45) is 0 Å². The molecule has 120 valence electrons. The molecular weight excluding hydrogens is 301 g/mol. The Balaban J connectivity index is 2.97. The number of benzene rings is 1. The molecule has 0 radical (unpaired) electrons. The second-order valence-corrected chi connectivity index (χ2v) is 4.69. The minimum Gasteiger partial charge on any atom is -0.512 e. The number of alkyl halides is 3. The highest BCUT2D eigenvalue weighted by Crippen LogP contribution is 2.29. The molecule has 1 aromatic carbocycles. The van der Waals surface area contributed by atoms with Crippen molar-refractivity contribution in [3.8, 4) is 0 Å². The van der Waals surface area contributed by atoms with E-state index in [-0.39, 0.29) is 5.69 Å². The van der Waals surface area contributed by atoms with E-state index in [1.165, 1.54) is 21.0 Å². The van der Waals surface area contributed by atoms with E-state index in [2.05, 4.69) is 5.32 Å². The lowest BCUT2D eigenvalue weighted by molar-refractivity contribution is -0.137. The number of anilines is 1. The summed E-state index contributed by atoms with van der Waals surface area (Å²) >= 11 is 0. The molecule has 0 bridgehead atoms. The van der Waals surface area contributed by atoms with Crippen LogP contribution in [-0.2, 0) is 15.8 Å². The molecule has 0 fully saturated rings. The number of aliphatic hydroxyl groups excluding tert-OH is 1. The van der Waals surface area contributed by atoms with E-state index < -0.39 is 34.9 Å². The van der Waals surface area contributed by atoms with E-state index in [0.29, 0.717) is 0 Å². The van der Waals surface area contributed by atoms with Gasteiger partial charge < -0.3 is 15.3 Å². The molecule has 5 nitrogen and oxygen atoms in total. The normalized spacial score (nSPS) is 12.5. The first-order valence-corrected chi connectivity index (χ1v) is 6.14. The summed E-state index contributed by atoms with van der Waals surface area (Å²) in [5.74, 6) is -2.11. The van der Waals surface area contributed by atoms with Crippen LogP contribution in [0.3, 0.4) is 0 Å². The number of aliphatic hydroxyl groups is 1. The number of hydrogen-bond acceptors (Lipinski definition) is 3. The van der Waals surface area contributed by atoms with E-state index in [9.17, 15) is 27.9 Å². The van der Waals surface area contributed by atoms with Crippen molar-refractivity contribution in [2.45, 2.75) is 13.1 Å². The number of nitrogens with one attached hydrogen (secondary N) is 1. The van der Waals surface area contributed by atoms with Gasteiger partial charge in [-0.3, -0.25) is 9.59 Å². The molecule has 1 aromatic rings. The summed E-state index contributed by atoms with van der Waals surface area (Å²) in [6.07, 6.45) is -4.48. The molecule has 0 atom stereocenters. The molecule has 0 aliphatic rings. The van der Waals surface area contributed by atoms with E-state index in [4.69, 9.17) is 0 Å². The van der Waals surface area contributed by atoms with Crippen LogP contribution in [0.1, 0.15) is 12.5 Å². The van der Waals surface area contributed by atoms with Crippen molar-refractivity contribution in [3.63, 3.8) is 0 Å². The summed E-state index contributed by atoms with van der Waals surface area (Å²) in [7, 11) is 2.80. The molecular formula is C14H15F3N2O3. The van der Waals surface area contributed by atoms with Crippen LogP contribution in [0.25, 0.3) is 0 Å².